The normalized spacial score (nSPS) is 24.4. The van der Waals surface area contributed by atoms with Crippen LogP contribution in [0.2, 0.25) is 0 Å². The smallest absolute Gasteiger partial charge is 0.129 e. The SMILES string of the molecule is CC(C1CCCO1)N1Cc2ccc(F)cc2C1=N. The third kappa shape index (κ3) is 1.81. The van der Waals surface area contributed by atoms with E-state index in [1.807, 2.05) is 4.90 Å². The quantitative estimate of drug-likeness (QED) is 0.873. The summed E-state index contributed by atoms with van der Waals surface area (Å²) in [5, 5.41) is 8.18. The molecule has 0 radical (unpaired) electrons. The zero-order chi connectivity index (χ0) is 12.7. The molecule has 1 aromatic carbocycles. The van der Waals surface area contributed by atoms with Gasteiger partial charge in [0.05, 0.1) is 12.1 Å². The minimum atomic E-state index is -0.273. The summed E-state index contributed by atoms with van der Waals surface area (Å²) in [5.74, 6) is 0.151. The van der Waals surface area contributed by atoms with Gasteiger partial charge in [-0.25, -0.2) is 4.39 Å². The Bertz CT molecular complexity index is 483. The highest BCUT2D eigenvalue weighted by atomic mass is 19.1. The number of nitrogens with zero attached hydrogens (tertiary/aromatic N) is 1. The fourth-order valence-electron chi connectivity index (χ4n) is 2.86. The van der Waals surface area contributed by atoms with Crippen molar-refractivity contribution in [3.8, 4) is 0 Å². The first kappa shape index (κ1) is 11.7. The second-order valence-corrected chi connectivity index (χ2v) is 5.07. The Labute approximate surface area is 106 Å². The van der Waals surface area contributed by atoms with Crippen LogP contribution in [0.4, 0.5) is 4.39 Å². The van der Waals surface area contributed by atoms with E-state index in [1.165, 1.54) is 12.1 Å². The first-order valence-corrected chi connectivity index (χ1v) is 6.42. The van der Waals surface area contributed by atoms with Gasteiger partial charge in [-0.2, -0.15) is 0 Å². The van der Waals surface area contributed by atoms with Gasteiger partial charge in [0.1, 0.15) is 11.7 Å². The Hall–Kier alpha value is -1.42. The molecule has 0 amide bonds. The molecular formula is C14H17FN2O. The standard InChI is InChI=1S/C14H17FN2O/c1-9(13-3-2-6-18-13)17-8-10-4-5-11(15)7-12(10)14(17)16/h4-5,7,9,13,16H,2-3,6,8H2,1H3. The molecule has 3 nitrogen and oxygen atoms in total. The van der Waals surface area contributed by atoms with E-state index in [-0.39, 0.29) is 18.0 Å². The third-order valence-corrected chi connectivity index (χ3v) is 3.95. The second kappa shape index (κ2) is 4.35. The molecule has 2 atom stereocenters. The van der Waals surface area contributed by atoms with Gasteiger partial charge in [0.2, 0.25) is 0 Å². The lowest BCUT2D eigenvalue weighted by atomic mass is 10.1. The molecule has 96 valence electrons. The van der Waals surface area contributed by atoms with E-state index in [9.17, 15) is 4.39 Å². The fourth-order valence-corrected chi connectivity index (χ4v) is 2.86. The van der Waals surface area contributed by atoms with Gasteiger partial charge in [-0.05, 0) is 37.5 Å². The van der Waals surface area contributed by atoms with Gasteiger partial charge in [-0.15, -0.1) is 0 Å². The molecule has 0 aliphatic carbocycles. The molecular weight excluding hydrogens is 231 g/mol. The number of fused-ring (bicyclic) bond motifs is 1. The van der Waals surface area contributed by atoms with Crippen molar-refractivity contribution in [1.29, 1.82) is 5.41 Å². The lowest BCUT2D eigenvalue weighted by Crippen LogP contribution is -2.41. The van der Waals surface area contributed by atoms with Crippen molar-refractivity contribution in [3.63, 3.8) is 0 Å². The lowest BCUT2D eigenvalue weighted by Gasteiger charge is -2.30. The Balaban J connectivity index is 1.83. The van der Waals surface area contributed by atoms with E-state index in [0.29, 0.717) is 12.4 Å². The molecule has 2 heterocycles. The number of rotatable bonds is 2. The van der Waals surface area contributed by atoms with Gasteiger partial charge in [-0.1, -0.05) is 6.07 Å². The summed E-state index contributed by atoms with van der Waals surface area (Å²) in [6, 6.07) is 4.88. The predicted octanol–water partition coefficient (Wildman–Crippen LogP) is 2.53. The lowest BCUT2D eigenvalue weighted by molar-refractivity contribution is 0.0552. The van der Waals surface area contributed by atoms with Crippen molar-refractivity contribution in [1.82, 2.24) is 4.90 Å². The molecule has 0 saturated carbocycles. The molecule has 1 aromatic rings. The van der Waals surface area contributed by atoms with Gasteiger partial charge in [0.25, 0.3) is 0 Å². The summed E-state index contributed by atoms with van der Waals surface area (Å²) in [4.78, 5) is 2.01. The average Bonchev–Trinajstić information content (AvgIpc) is 2.98. The molecule has 0 spiro atoms. The van der Waals surface area contributed by atoms with Crippen LogP contribution in [0.1, 0.15) is 30.9 Å². The van der Waals surface area contributed by atoms with Crippen molar-refractivity contribution in [3.05, 3.63) is 35.1 Å². The van der Waals surface area contributed by atoms with Crippen molar-refractivity contribution >= 4 is 5.84 Å². The number of benzene rings is 1. The highest BCUT2D eigenvalue weighted by Gasteiger charge is 2.33. The fraction of sp³-hybridized carbons (Fsp3) is 0.500. The summed E-state index contributed by atoms with van der Waals surface area (Å²) < 4.78 is 18.9. The van der Waals surface area contributed by atoms with Crippen LogP contribution in [0.5, 0.6) is 0 Å². The van der Waals surface area contributed by atoms with Crippen molar-refractivity contribution in [2.75, 3.05) is 6.61 Å². The summed E-state index contributed by atoms with van der Waals surface area (Å²) in [7, 11) is 0. The summed E-state index contributed by atoms with van der Waals surface area (Å²) >= 11 is 0. The van der Waals surface area contributed by atoms with Crippen molar-refractivity contribution in [2.24, 2.45) is 0 Å². The Morgan fingerprint density at radius 1 is 1.50 bits per heavy atom. The first-order valence-electron chi connectivity index (χ1n) is 6.42. The van der Waals surface area contributed by atoms with Crippen LogP contribution >= 0.6 is 0 Å². The molecule has 18 heavy (non-hydrogen) atoms. The predicted molar refractivity (Wildman–Crippen MR) is 67.2 cm³/mol. The molecule has 2 unspecified atom stereocenters. The molecule has 0 bridgehead atoms. The van der Waals surface area contributed by atoms with Crippen LogP contribution in [0, 0.1) is 11.2 Å². The van der Waals surface area contributed by atoms with E-state index in [4.69, 9.17) is 10.1 Å². The zero-order valence-electron chi connectivity index (χ0n) is 10.4. The van der Waals surface area contributed by atoms with Crippen LogP contribution in [0.15, 0.2) is 18.2 Å². The van der Waals surface area contributed by atoms with Crippen molar-refractivity contribution in [2.45, 2.75) is 38.5 Å². The largest absolute Gasteiger partial charge is 0.376 e. The maximum atomic E-state index is 13.2. The van der Waals surface area contributed by atoms with E-state index in [0.717, 1.165) is 30.6 Å². The highest BCUT2D eigenvalue weighted by molar-refractivity contribution is 6.00. The average molecular weight is 248 g/mol. The minimum absolute atomic E-state index is 0.176. The molecule has 1 N–H and O–H groups in total. The van der Waals surface area contributed by atoms with Crippen LogP contribution in [-0.2, 0) is 11.3 Å². The molecule has 2 aliphatic heterocycles. The van der Waals surface area contributed by atoms with Gasteiger partial charge < -0.3 is 9.64 Å². The number of nitrogens with one attached hydrogen (secondary N) is 1. The first-order chi connectivity index (χ1) is 8.66. The van der Waals surface area contributed by atoms with E-state index in [1.54, 1.807) is 6.07 Å². The zero-order valence-corrected chi connectivity index (χ0v) is 10.4. The number of ether oxygens (including phenoxy) is 1. The summed E-state index contributed by atoms with van der Waals surface area (Å²) in [5.41, 5.74) is 1.76. The minimum Gasteiger partial charge on any atom is -0.376 e. The van der Waals surface area contributed by atoms with Crippen LogP contribution < -0.4 is 0 Å². The van der Waals surface area contributed by atoms with Crippen LogP contribution in [0.25, 0.3) is 0 Å². The molecule has 2 aliphatic rings. The molecule has 1 fully saturated rings. The number of amidine groups is 1. The van der Waals surface area contributed by atoms with E-state index < -0.39 is 0 Å². The van der Waals surface area contributed by atoms with E-state index >= 15 is 0 Å². The van der Waals surface area contributed by atoms with Crippen LogP contribution in [-0.4, -0.2) is 29.5 Å². The topological polar surface area (TPSA) is 36.3 Å². The van der Waals surface area contributed by atoms with Crippen molar-refractivity contribution < 1.29 is 9.13 Å². The molecule has 1 saturated heterocycles. The maximum absolute atomic E-state index is 13.2. The Morgan fingerprint density at radius 3 is 3.06 bits per heavy atom. The van der Waals surface area contributed by atoms with Gasteiger partial charge in [0, 0.05) is 18.7 Å². The van der Waals surface area contributed by atoms with E-state index in [2.05, 4.69) is 6.92 Å². The molecule has 4 heteroatoms. The second-order valence-electron chi connectivity index (χ2n) is 5.07. The summed E-state index contributed by atoms with van der Waals surface area (Å²) in [6.07, 6.45) is 2.34. The Morgan fingerprint density at radius 2 is 2.33 bits per heavy atom. The molecule has 0 aromatic heterocycles. The Kier molecular flexibility index (Phi) is 2.82. The number of hydrogen-bond donors (Lipinski definition) is 1. The van der Waals surface area contributed by atoms with Gasteiger partial charge in [0.15, 0.2) is 0 Å². The van der Waals surface area contributed by atoms with Gasteiger partial charge >= 0.3 is 0 Å². The summed E-state index contributed by atoms with van der Waals surface area (Å²) in [6.45, 7) is 3.60. The monoisotopic (exact) mass is 248 g/mol. The van der Waals surface area contributed by atoms with Gasteiger partial charge in [-0.3, -0.25) is 5.41 Å². The maximum Gasteiger partial charge on any atom is 0.129 e. The molecule has 3 rings (SSSR count). The highest BCUT2D eigenvalue weighted by Crippen LogP contribution is 2.29. The van der Waals surface area contributed by atoms with Crippen LogP contribution in [0.3, 0.4) is 0 Å². The number of hydrogen-bond acceptors (Lipinski definition) is 2. The third-order valence-electron chi connectivity index (χ3n) is 3.95. The number of halogens is 1.